The van der Waals surface area contributed by atoms with Gasteiger partial charge in [0.1, 0.15) is 17.9 Å². The molecule has 0 aliphatic carbocycles. The van der Waals surface area contributed by atoms with E-state index in [9.17, 15) is 9.18 Å². The van der Waals surface area contributed by atoms with Crippen LogP contribution in [0.5, 0.6) is 5.75 Å². The van der Waals surface area contributed by atoms with Crippen LogP contribution in [0.2, 0.25) is 0 Å². The molecule has 0 fully saturated rings. The van der Waals surface area contributed by atoms with Gasteiger partial charge in [-0.3, -0.25) is 4.79 Å². The van der Waals surface area contributed by atoms with Gasteiger partial charge in [0.2, 0.25) is 0 Å². The van der Waals surface area contributed by atoms with Gasteiger partial charge in [0.15, 0.2) is 0 Å². The Kier molecular flexibility index (Phi) is 4.07. The van der Waals surface area contributed by atoms with Crippen molar-refractivity contribution in [1.29, 1.82) is 0 Å². The highest BCUT2D eigenvalue weighted by atomic mass is 19.1. The first-order chi connectivity index (χ1) is 8.78. The minimum atomic E-state index is -0.233. The van der Waals surface area contributed by atoms with Gasteiger partial charge in [-0.1, -0.05) is 12.1 Å². The van der Waals surface area contributed by atoms with Crippen LogP contribution in [0.15, 0.2) is 48.5 Å². The fourth-order valence-electron chi connectivity index (χ4n) is 1.62. The second-order valence-corrected chi connectivity index (χ2v) is 3.92. The average Bonchev–Trinajstić information content (AvgIpc) is 2.40. The molecule has 0 amide bonds. The molecule has 3 heteroatoms. The van der Waals surface area contributed by atoms with E-state index < -0.39 is 0 Å². The second-order valence-electron chi connectivity index (χ2n) is 3.92. The van der Waals surface area contributed by atoms with Crippen LogP contribution in [0.3, 0.4) is 0 Å². The number of halogens is 1. The van der Waals surface area contributed by atoms with E-state index in [-0.39, 0.29) is 5.82 Å². The van der Waals surface area contributed by atoms with Gasteiger partial charge in [-0.15, -0.1) is 0 Å². The molecular formula is C15H13FO2. The van der Waals surface area contributed by atoms with Gasteiger partial charge in [-0.05, 0) is 42.0 Å². The highest BCUT2D eigenvalue weighted by molar-refractivity contribution is 5.74. The fourth-order valence-corrected chi connectivity index (χ4v) is 1.62. The monoisotopic (exact) mass is 244 g/mol. The van der Waals surface area contributed by atoms with Crippen LogP contribution in [-0.2, 0) is 6.42 Å². The first-order valence-electron chi connectivity index (χ1n) is 5.70. The summed E-state index contributed by atoms with van der Waals surface area (Å²) in [6, 6.07) is 13.4. The molecule has 0 atom stereocenters. The van der Waals surface area contributed by atoms with Crippen LogP contribution in [0, 0.1) is 5.82 Å². The molecule has 0 spiro atoms. The van der Waals surface area contributed by atoms with Crippen molar-refractivity contribution >= 4 is 6.29 Å². The molecule has 18 heavy (non-hydrogen) atoms. The van der Waals surface area contributed by atoms with Crippen LogP contribution < -0.4 is 4.74 Å². The first-order valence-corrected chi connectivity index (χ1v) is 5.70. The Balaban J connectivity index is 1.86. The summed E-state index contributed by atoms with van der Waals surface area (Å²) in [5, 5.41) is 0. The van der Waals surface area contributed by atoms with E-state index in [2.05, 4.69) is 0 Å². The molecule has 0 radical (unpaired) electrons. The minimum absolute atomic E-state index is 0.233. The molecule has 0 bridgehead atoms. The van der Waals surface area contributed by atoms with Gasteiger partial charge >= 0.3 is 0 Å². The standard InChI is InChI=1S/C15H13FO2/c16-14-3-1-2-12(10-14)8-9-18-15-6-4-13(11-17)5-7-15/h1-7,10-11H,8-9H2. The molecule has 0 N–H and O–H groups in total. The normalized spacial score (nSPS) is 10.1. The van der Waals surface area contributed by atoms with Crippen LogP contribution in [-0.4, -0.2) is 12.9 Å². The molecule has 0 heterocycles. The number of rotatable bonds is 5. The van der Waals surface area contributed by atoms with Gasteiger partial charge in [-0.25, -0.2) is 4.39 Å². The third-order valence-corrected chi connectivity index (χ3v) is 2.56. The predicted octanol–water partition coefficient (Wildman–Crippen LogP) is 3.26. The number of carbonyl (C=O) groups excluding carboxylic acids is 1. The summed E-state index contributed by atoms with van der Waals surface area (Å²) >= 11 is 0. The van der Waals surface area contributed by atoms with Crippen LogP contribution >= 0.6 is 0 Å². The van der Waals surface area contributed by atoms with Crippen molar-refractivity contribution in [2.24, 2.45) is 0 Å². The summed E-state index contributed by atoms with van der Waals surface area (Å²) < 4.78 is 18.4. The number of ether oxygens (including phenoxy) is 1. The van der Waals surface area contributed by atoms with E-state index >= 15 is 0 Å². The third-order valence-electron chi connectivity index (χ3n) is 2.56. The molecule has 2 aromatic rings. The number of hydrogen-bond donors (Lipinski definition) is 0. The molecule has 92 valence electrons. The lowest BCUT2D eigenvalue weighted by atomic mass is 10.1. The van der Waals surface area contributed by atoms with Gasteiger partial charge in [0.25, 0.3) is 0 Å². The van der Waals surface area contributed by atoms with Crippen molar-refractivity contribution in [1.82, 2.24) is 0 Å². The average molecular weight is 244 g/mol. The summed E-state index contributed by atoms with van der Waals surface area (Å²) in [5.74, 6) is 0.472. The van der Waals surface area contributed by atoms with Crippen LogP contribution in [0.4, 0.5) is 4.39 Å². The Morgan fingerprint density at radius 2 is 1.89 bits per heavy atom. The summed E-state index contributed by atoms with van der Waals surface area (Å²) in [4.78, 5) is 10.5. The van der Waals surface area contributed by atoms with Gasteiger partial charge in [0, 0.05) is 12.0 Å². The molecule has 2 rings (SSSR count). The number of hydrogen-bond acceptors (Lipinski definition) is 2. The summed E-state index contributed by atoms with van der Waals surface area (Å²) in [6.07, 6.45) is 1.43. The molecule has 2 nitrogen and oxygen atoms in total. The summed E-state index contributed by atoms with van der Waals surface area (Å²) in [5.41, 5.74) is 1.52. The van der Waals surface area contributed by atoms with E-state index in [1.54, 1.807) is 30.3 Å². The maximum absolute atomic E-state index is 12.9. The van der Waals surface area contributed by atoms with Gasteiger partial charge in [-0.2, -0.15) is 0 Å². The van der Waals surface area contributed by atoms with Crippen molar-refractivity contribution in [2.45, 2.75) is 6.42 Å². The number of benzene rings is 2. The molecule has 0 aliphatic heterocycles. The molecule has 2 aromatic carbocycles. The van der Waals surface area contributed by atoms with Gasteiger partial charge < -0.3 is 4.74 Å². The predicted molar refractivity (Wildman–Crippen MR) is 67.4 cm³/mol. The zero-order valence-corrected chi connectivity index (χ0v) is 9.80. The lowest BCUT2D eigenvalue weighted by molar-refractivity contribution is 0.112. The Morgan fingerprint density at radius 3 is 2.56 bits per heavy atom. The Hall–Kier alpha value is -2.16. The number of carbonyl (C=O) groups is 1. The maximum Gasteiger partial charge on any atom is 0.150 e. The lowest BCUT2D eigenvalue weighted by Gasteiger charge is -2.06. The van der Waals surface area contributed by atoms with E-state index in [0.717, 1.165) is 11.8 Å². The lowest BCUT2D eigenvalue weighted by Crippen LogP contribution is -2.01. The highest BCUT2D eigenvalue weighted by Gasteiger charge is 1.97. The van der Waals surface area contributed by atoms with E-state index in [1.165, 1.54) is 12.1 Å². The molecular weight excluding hydrogens is 231 g/mol. The fraction of sp³-hybridized carbons (Fsp3) is 0.133. The molecule has 0 unspecified atom stereocenters. The summed E-state index contributed by atoms with van der Waals surface area (Å²) in [6.45, 7) is 0.476. The van der Waals surface area contributed by atoms with E-state index in [0.29, 0.717) is 24.3 Å². The smallest absolute Gasteiger partial charge is 0.150 e. The highest BCUT2D eigenvalue weighted by Crippen LogP contribution is 2.12. The number of aldehydes is 1. The zero-order valence-electron chi connectivity index (χ0n) is 9.80. The Labute approximate surface area is 105 Å². The largest absolute Gasteiger partial charge is 0.493 e. The Bertz CT molecular complexity index is 520. The molecule has 0 saturated carbocycles. The van der Waals surface area contributed by atoms with E-state index in [4.69, 9.17) is 4.74 Å². The minimum Gasteiger partial charge on any atom is -0.493 e. The second kappa shape index (κ2) is 5.96. The van der Waals surface area contributed by atoms with Crippen molar-refractivity contribution in [3.05, 3.63) is 65.5 Å². The quantitative estimate of drug-likeness (QED) is 0.754. The molecule has 0 aromatic heterocycles. The summed E-state index contributed by atoms with van der Waals surface area (Å²) in [7, 11) is 0. The van der Waals surface area contributed by atoms with Crippen LogP contribution in [0.1, 0.15) is 15.9 Å². The van der Waals surface area contributed by atoms with Gasteiger partial charge in [0.05, 0.1) is 6.61 Å². The van der Waals surface area contributed by atoms with Crippen LogP contribution in [0.25, 0.3) is 0 Å². The maximum atomic E-state index is 12.9. The third kappa shape index (κ3) is 3.42. The van der Waals surface area contributed by atoms with E-state index in [1.807, 2.05) is 6.07 Å². The van der Waals surface area contributed by atoms with Crippen molar-refractivity contribution in [3.63, 3.8) is 0 Å². The van der Waals surface area contributed by atoms with Crippen molar-refractivity contribution in [3.8, 4) is 5.75 Å². The molecule has 0 aliphatic rings. The zero-order chi connectivity index (χ0) is 12.8. The SMILES string of the molecule is O=Cc1ccc(OCCc2cccc(F)c2)cc1. The Morgan fingerprint density at radius 1 is 1.11 bits per heavy atom. The molecule has 0 saturated heterocycles. The topological polar surface area (TPSA) is 26.3 Å². The van der Waals surface area contributed by atoms with Crippen molar-refractivity contribution in [2.75, 3.05) is 6.61 Å². The van der Waals surface area contributed by atoms with Crippen molar-refractivity contribution < 1.29 is 13.9 Å². The first kappa shape index (κ1) is 12.3.